The van der Waals surface area contributed by atoms with Gasteiger partial charge in [0.25, 0.3) is 0 Å². The molecule has 0 bridgehead atoms. The third kappa shape index (κ3) is 3.82. The van der Waals surface area contributed by atoms with E-state index in [1.165, 1.54) is 0 Å². The molecule has 1 saturated heterocycles. The predicted octanol–water partition coefficient (Wildman–Crippen LogP) is 1.27. The number of amides is 1. The van der Waals surface area contributed by atoms with Crippen LogP contribution >= 0.6 is 0 Å². The second kappa shape index (κ2) is 6.04. The molecule has 1 aliphatic rings. The van der Waals surface area contributed by atoms with Crippen molar-refractivity contribution in [1.82, 2.24) is 4.90 Å². The van der Waals surface area contributed by atoms with E-state index >= 15 is 0 Å². The molecule has 1 aromatic carbocycles. The van der Waals surface area contributed by atoms with Crippen molar-refractivity contribution < 1.29 is 27.0 Å². The van der Waals surface area contributed by atoms with E-state index in [1.807, 2.05) is 6.92 Å². The highest BCUT2D eigenvalue weighted by molar-refractivity contribution is 7.86. The second-order valence-electron chi connectivity index (χ2n) is 5.47. The largest absolute Gasteiger partial charge is 0.479 e. The van der Waals surface area contributed by atoms with Gasteiger partial charge >= 0.3 is 16.2 Å². The average Bonchev–Trinajstić information content (AvgIpc) is 2.70. The number of carbonyl (C=O) groups excluding carboxylic acids is 1. The number of benzene rings is 1. The quantitative estimate of drug-likeness (QED) is 0.821. The summed E-state index contributed by atoms with van der Waals surface area (Å²) in [6, 6.07) is 5.49. The Bertz CT molecular complexity index is 686. The van der Waals surface area contributed by atoms with Crippen molar-refractivity contribution >= 4 is 22.1 Å². The summed E-state index contributed by atoms with van der Waals surface area (Å²) in [7, 11) is -4.70. The number of aliphatic carboxylic acids is 1. The van der Waals surface area contributed by atoms with E-state index in [0.717, 1.165) is 10.5 Å². The smallest absolute Gasteiger partial charge is 0.331 e. The van der Waals surface area contributed by atoms with Gasteiger partial charge in [-0.1, -0.05) is 29.8 Å². The van der Waals surface area contributed by atoms with E-state index in [-0.39, 0.29) is 13.0 Å². The molecule has 2 unspecified atom stereocenters. The highest BCUT2D eigenvalue weighted by Crippen LogP contribution is 2.30. The Morgan fingerprint density at radius 2 is 2.00 bits per heavy atom. The molecule has 0 spiro atoms. The van der Waals surface area contributed by atoms with Crippen LogP contribution in [-0.2, 0) is 19.8 Å². The van der Waals surface area contributed by atoms with Crippen molar-refractivity contribution in [1.29, 1.82) is 0 Å². The van der Waals surface area contributed by atoms with Crippen LogP contribution in [0.4, 0.5) is 3.89 Å². The Balaban J connectivity index is 2.24. The lowest BCUT2D eigenvalue weighted by Gasteiger charge is -2.25. The van der Waals surface area contributed by atoms with Crippen LogP contribution in [-0.4, -0.2) is 42.6 Å². The molecule has 1 fully saturated rings. The molecular weight excluding hydrogens is 313 g/mol. The van der Waals surface area contributed by atoms with Crippen LogP contribution in [0.3, 0.4) is 0 Å². The van der Waals surface area contributed by atoms with Crippen molar-refractivity contribution in [2.75, 3.05) is 12.3 Å². The fourth-order valence-corrected chi connectivity index (χ4v) is 3.44. The minimum atomic E-state index is -4.70. The number of carboxylic acids is 1. The summed E-state index contributed by atoms with van der Waals surface area (Å²) in [5.41, 5.74) is 1.37. The first-order valence-corrected chi connectivity index (χ1v) is 8.24. The summed E-state index contributed by atoms with van der Waals surface area (Å²) in [6.45, 7) is 1.76. The standard InChI is InChI=1S/C14H16FNO5S/c1-9-2-4-11(5-3-9)13(14(18)19)16-7-10(6-12(16)17)8-22(15,20)21/h2-5,10,13H,6-8H2,1H3,(H,18,19). The molecule has 1 aliphatic heterocycles. The highest BCUT2D eigenvalue weighted by Gasteiger charge is 2.40. The molecule has 120 valence electrons. The van der Waals surface area contributed by atoms with Gasteiger partial charge in [-0.15, -0.1) is 3.89 Å². The van der Waals surface area contributed by atoms with Gasteiger partial charge in [-0.2, -0.15) is 8.42 Å². The lowest BCUT2D eigenvalue weighted by atomic mass is 10.0. The number of hydrogen-bond acceptors (Lipinski definition) is 4. The molecule has 8 heteroatoms. The number of aryl methyl sites for hydroxylation is 1. The van der Waals surface area contributed by atoms with Gasteiger partial charge in [-0.3, -0.25) is 4.79 Å². The van der Waals surface area contributed by atoms with Gasteiger partial charge in [-0.05, 0) is 12.5 Å². The Morgan fingerprint density at radius 1 is 1.41 bits per heavy atom. The second-order valence-corrected chi connectivity index (χ2v) is 6.88. The summed E-state index contributed by atoms with van der Waals surface area (Å²) >= 11 is 0. The number of nitrogens with zero attached hydrogens (tertiary/aromatic N) is 1. The number of halogens is 1. The molecule has 6 nitrogen and oxygen atoms in total. The summed E-state index contributed by atoms with van der Waals surface area (Å²) in [6.07, 6.45) is -0.168. The zero-order chi connectivity index (χ0) is 16.5. The van der Waals surface area contributed by atoms with Crippen molar-refractivity contribution in [2.45, 2.75) is 19.4 Å². The zero-order valence-electron chi connectivity index (χ0n) is 11.9. The summed E-state index contributed by atoms with van der Waals surface area (Å²) in [5.74, 6) is -3.19. The van der Waals surface area contributed by atoms with Crippen LogP contribution in [0.5, 0.6) is 0 Å². The van der Waals surface area contributed by atoms with Crippen molar-refractivity contribution in [3.05, 3.63) is 35.4 Å². The molecular formula is C14H16FNO5S. The number of likely N-dealkylation sites (tertiary alicyclic amines) is 1. The van der Waals surface area contributed by atoms with Gasteiger partial charge in [0.15, 0.2) is 6.04 Å². The normalized spacial score (nSPS) is 20.2. The first-order chi connectivity index (χ1) is 10.2. The lowest BCUT2D eigenvalue weighted by Crippen LogP contribution is -2.35. The van der Waals surface area contributed by atoms with Crippen LogP contribution in [0.1, 0.15) is 23.6 Å². The molecule has 2 atom stereocenters. The Kier molecular flexibility index (Phi) is 4.50. The minimum Gasteiger partial charge on any atom is -0.479 e. The molecule has 22 heavy (non-hydrogen) atoms. The summed E-state index contributed by atoms with van der Waals surface area (Å²) < 4.78 is 34.1. The van der Waals surface area contributed by atoms with Crippen LogP contribution < -0.4 is 0 Å². The third-order valence-corrected chi connectivity index (χ3v) is 4.48. The fourth-order valence-electron chi connectivity index (χ4n) is 2.66. The van der Waals surface area contributed by atoms with E-state index in [0.29, 0.717) is 5.56 Å². The number of carbonyl (C=O) groups is 2. The maximum atomic E-state index is 12.7. The molecule has 0 aromatic heterocycles. The third-order valence-electron chi connectivity index (χ3n) is 3.61. The highest BCUT2D eigenvalue weighted by atomic mass is 32.3. The van der Waals surface area contributed by atoms with Gasteiger partial charge in [0.1, 0.15) is 0 Å². The van der Waals surface area contributed by atoms with Gasteiger partial charge < -0.3 is 10.0 Å². The van der Waals surface area contributed by atoms with Crippen LogP contribution in [0.25, 0.3) is 0 Å². The van der Waals surface area contributed by atoms with E-state index < -0.39 is 39.8 Å². The van der Waals surface area contributed by atoms with E-state index in [2.05, 4.69) is 0 Å². The van der Waals surface area contributed by atoms with Gasteiger partial charge in [0, 0.05) is 18.9 Å². The molecule has 0 radical (unpaired) electrons. The molecule has 1 amide bonds. The van der Waals surface area contributed by atoms with Crippen molar-refractivity contribution in [2.24, 2.45) is 5.92 Å². The lowest BCUT2D eigenvalue weighted by molar-refractivity contribution is -0.148. The predicted molar refractivity (Wildman–Crippen MR) is 76.3 cm³/mol. The first kappa shape index (κ1) is 16.4. The zero-order valence-corrected chi connectivity index (χ0v) is 12.7. The van der Waals surface area contributed by atoms with E-state index in [1.54, 1.807) is 24.3 Å². The Labute approximate surface area is 127 Å². The number of rotatable bonds is 5. The van der Waals surface area contributed by atoms with Crippen LogP contribution in [0.2, 0.25) is 0 Å². The SMILES string of the molecule is Cc1ccc(C(C(=O)O)N2CC(CS(=O)(=O)F)CC2=O)cc1. The molecule has 2 rings (SSSR count). The molecule has 0 saturated carbocycles. The fraction of sp³-hybridized carbons (Fsp3) is 0.429. The molecule has 0 aliphatic carbocycles. The Morgan fingerprint density at radius 3 is 2.50 bits per heavy atom. The maximum Gasteiger partial charge on any atom is 0.331 e. The maximum absolute atomic E-state index is 12.7. The van der Waals surface area contributed by atoms with Gasteiger partial charge in [0.2, 0.25) is 5.91 Å². The summed E-state index contributed by atoms with van der Waals surface area (Å²) in [5, 5.41) is 9.41. The van der Waals surface area contributed by atoms with Crippen molar-refractivity contribution in [3.63, 3.8) is 0 Å². The summed E-state index contributed by atoms with van der Waals surface area (Å²) in [4.78, 5) is 24.6. The number of hydrogen-bond donors (Lipinski definition) is 1. The number of carboxylic acid groups (broad SMARTS) is 1. The van der Waals surface area contributed by atoms with E-state index in [9.17, 15) is 27.0 Å². The van der Waals surface area contributed by atoms with Gasteiger partial charge in [-0.25, -0.2) is 4.79 Å². The van der Waals surface area contributed by atoms with Crippen molar-refractivity contribution in [3.8, 4) is 0 Å². The minimum absolute atomic E-state index is 0.0904. The van der Waals surface area contributed by atoms with Crippen LogP contribution in [0.15, 0.2) is 24.3 Å². The topological polar surface area (TPSA) is 91.8 Å². The first-order valence-electron chi connectivity index (χ1n) is 6.68. The average molecular weight is 329 g/mol. The molecule has 1 heterocycles. The van der Waals surface area contributed by atoms with E-state index in [4.69, 9.17) is 0 Å². The molecule has 1 aromatic rings. The van der Waals surface area contributed by atoms with Crippen LogP contribution in [0, 0.1) is 12.8 Å². The van der Waals surface area contributed by atoms with Gasteiger partial charge in [0.05, 0.1) is 5.75 Å². The molecule has 1 N–H and O–H groups in total. The monoisotopic (exact) mass is 329 g/mol. The Hall–Kier alpha value is -1.96.